The van der Waals surface area contributed by atoms with Crippen LogP contribution < -0.4 is 0 Å². The van der Waals surface area contributed by atoms with Gasteiger partial charge in [-0.15, -0.1) is 0 Å². The lowest BCUT2D eigenvalue weighted by Gasteiger charge is -2.32. The van der Waals surface area contributed by atoms with Crippen molar-refractivity contribution in [1.29, 1.82) is 0 Å². The van der Waals surface area contributed by atoms with E-state index in [0.717, 1.165) is 34.8 Å². The Balaban J connectivity index is 2.37. The molecular formula is C16H22INO2S. The topological polar surface area (TPSA) is 37.4 Å². The molecule has 1 heterocycles. The van der Waals surface area contributed by atoms with E-state index in [2.05, 4.69) is 29.2 Å². The molecule has 3 nitrogen and oxygen atoms in total. The molecule has 0 radical (unpaired) electrons. The van der Waals surface area contributed by atoms with E-state index in [1.165, 1.54) is 6.42 Å². The summed E-state index contributed by atoms with van der Waals surface area (Å²) in [6.45, 7) is 6.55. The van der Waals surface area contributed by atoms with Gasteiger partial charge in [-0.05, 0) is 54.5 Å². The number of nitrogens with zero attached hydrogens (tertiary/aromatic N) is 1. The van der Waals surface area contributed by atoms with Crippen LogP contribution in [-0.2, 0) is 10.0 Å². The summed E-state index contributed by atoms with van der Waals surface area (Å²) in [5.41, 5.74) is 1.07. The van der Waals surface area contributed by atoms with Crippen LogP contribution in [0.3, 0.4) is 0 Å². The molecule has 1 saturated heterocycles. The molecule has 0 aromatic heterocycles. The van der Waals surface area contributed by atoms with Crippen LogP contribution in [0.5, 0.6) is 0 Å². The fourth-order valence-electron chi connectivity index (χ4n) is 2.70. The van der Waals surface area contributed by atoms with Crippen molar-refractivity contribution in [2.45, 2.75) is 50.0 Å². The molecule has 0 saturated carbocycles. The lowest BCUT2D eigenvalue weighted by atomic mass is 10.0. The molecule has 1 fully saturated rings. The summed E-state index contributed by atoms with van der Waals surface area (Å²) in [7, 11) is -3.44. The fraction of sp³-hybridized carbons (Fsp3) is 0.500. The van der Waals surface area contributed by atoms with E-state index in [1.807, 2.05) is 19.1 Å². The smallest absolute Gasteiger partial charge is 0.207 e. The zero-order valence-corrected chi connectivity index (χ0v) is 15.4. The van der Waals surface area contributed by atoms with Crippen LogP contribution in [0.1, 0.15) is 37.7 Å². The van der Waals surface area contributed by atoms with Crippen molar-refractivity contribution in [3.63, 3.8) is 0 Å². The first-order valence-corrected chi connectivity index (χ1v) is 9.87. The van der Waals surface area contributed by atoms with Crippen molar-refractivity contribution < 1.29 is 8.42 Å². The lowest BCUT2D eigenvalue weighted by molar-refractivity contribution is 0.311. The zero-order valence-electron chi connectivity index (χ0n) is 12.4. The highest BCUT2D eigenvalue weighted by Crippen LogP contribution is 2.30. The average molecular weight is 419 g/mol. The number of hydrogen-bond donors (Lipinski definition) is 0. The van der Waals surface area contributed by atoms with E-state index < -0.39 is 10.0 Å². The van der Waals surface area contributed by atoms with Gasteiger partial charge in [0, 0.05) is 10.1 Å². The van der Waals surface area contributed by atoms with Crippen LogP contribution in [0.15, 0.2) is 39.3 Å². The number of sulfonamides is 1. The molecule has 1 aromatic carbocycles. The average Bonchev–Trinajstić information content (AvgIpc) is 2.38. The largest absolute Gasteiger partial charge is 0.243 e. The number of halogens is 1. The van der Waals surface area contributed by atoms with Crippen molar-refractivity contribution in [3.8, 4) is 0 Å². The van der Waals surface area contributed by atoms with Gasteiger partial charge >= 0.3 is 0 Å². The maximum atomic E-state index is 13.0. The molecule has 116 valence electrons. The lowest BCUT2D eigenvalue weighted by Crippen LogP contribution is -2.41. The number of rotatable bonds is 3. The Morgan fingerprint density at radius 1 is 1.19 bits per heavy atom. The predicted molar refractivity (Wildman–Crippen MR) is 95.1 cm³/mol. The molecule has 2 rings (SSSR count). The number of benzene rings is 1. The first-order chi connectivity index (χ1) is 9.93. The third-order valence-corrected chi connectivity index (χ3v) is 6.58. The van der Waals surface area contributed by atoms with Gasteiger partial charge in [-0.25, -0.2) is 8.42 Å². The van der Waals surface area contributed by atoms with E-state index in [9.17, 15) is 8.42 Å². The van der Waals surface area contributed by atoms with Gasteiger partial charge in [-0.1, -0.05) is 43.5 Å². The molecule has 0 amide bonds. The Kier molecular flexibility index (Phi) is 5.85. The van der Waals surface area contributed by atoms with Crippen molar-refractivity contribution in [3.05, 3.63) is 40.0 Å². The summed E-state index contributed by atoms with van der Waals surface area (Å²) >= 11 is 2.17. The molecule has 0 spiro atoms. The molecule has 1 unspecified atom stereocenters. The van der Waals surface area contributed by atoms with Crippen LogP contribution in [-0.4, -0.2) is 25.3 Å². The number of hydrogen-bond acceptors (Lipinski definition) is 2. The molecule has 0 aliphatic carbocycles. The van der Waals surface area contributed by atoms with Crippen LogP contribution in [0.4, 0.5) is 0 Å². The van der Waals surface area contributed by atoms with E-state index in [1.54, 1.807) is 16.4 Å². The monoisotopic (exact) mass is 419 g/mol. The Hall–Kier alpha value is -0.400. The third-order valence-electron chi connectivity index (χ3n) is 3.94. The van der Waals surface area contributed by atoms with Crippen molar-refractivity contribution >= 4 is 32.6 Å². The molecule has 1 aliphatic rings. The summed E-state index contributed by atoms with van der Waals surface area (Å²) in [5.74, 6) is 0. The molecule has 1 aliphatic heterocycles. The van der Waals surface area contributed by atoms with Gasteiger partial charge in [-0.2, -0.15) is 4.31 Å². The minimum absolute atomic E-state index is 0.0859. The van der Waals surface area contributed by atoms with Gasteiger partial charge < -0.3 is 0 Å². The Morgan fingerprint density at radius 2 is 1.81 bits per heavy atom. The first kappa shape index (κ1) is 17.0. The van der Waals surface area contributed by atoms with E-state index in [4.69, 9.17) is 0 Å². The van der Waals surface area contributed by atoms with Crippen molar-refractivity contribution in [2.24, 2.45) is 0 Å². The molecule has 1 atom stereocenters. The molecule has 5 heteroatoms. The molecule has 21 heavy (non-hydrogen) atoms. The first-order valence-electron chi connectivity index (χ1n) is 7.36. The third kappa shape index (κ3) is 4.07. The highest BCUT2D eigenvalue weighted by molar-refractivity contribution is 14.1. The van der Waals surface area contributed by atoms with Gasteiger partial charge in [0.2, 0.25) is 10.0 Å². The van der Waals surface area contributed by atoms with Gasteiger partial charge in [-0.3, -0.25) is 0 Å². The highest BCUT2D eigenvalue weighted by atomic mass is 127. The second kappa shape index (κ2) is 7.24. The van der Waals surface area contributed by atoms with Crippen LogP contribution in [0, 0.1) is 6.92 Å². The van der Waals surface area contributed by atoms with Crippen molar-refractivity contribution in [2.75, 3.05) is 6.54 Å². The van der Waals surface area contributed by atoms with E-state index >= 15 is 0 Å². The number of aryl methyl sites for hydroxylation is 1. The maximum absolute atomic E-state index is 13.0. The summed E-state index contributed by atoms with van der Waals surface area (Å²) in [6, 6.07) is 7.03. The van der Waals surface area contributed by atoms with Gasteiger partial charge in [0.15, 0.2) is 0 Å². The van der Waals surface area contributed by atoms with Gasteiger partial charge in [0.25, 0.3) is 0 Å². The van der Waals surface area contributed by atoms with E-state index in [0.29, 0.717) is 11.4 Å². The van der Waals surface area contributed by atoms with Gasteiger partial charge in [0.05, 0.1) is 10.9 Å². The molecule has 0 N–H and O–H groups in total. The minimum Gasteiger partial charge on any atom is -0.207 e. The summed E-state index contributed by atoms with van der Waals surface area (Å²) in [5, 5.41) is 0. The van der Waals surface area contributed by atoms with Gasteiger partial charge in [0.1, 0.15) is 0 Å². The van der Waals surface area contributed by atoms with Crippen LogP contribution in [0.25, 0.3) is 0 Å². The second-order valence-corrected chi connectivity index (χ2v) is 8.87. The Labute approximate surface area is 141 Å². The summed E-state index contributed by atoms with van der Waals surface area (Å²) in [6.07, 6.45) is 5.13. The van der Waals surface area contributed by atoms with Crippen LogP contribution >= 0.6 is 22.6 Å². The molecular weight excluding hydrogens is 397 g/mol. The quantitative estimate of drug-likeness (QED) is 0.687. The standard InChI is InChI=1S/C16H22INO2S/c1-13-8-10-15(11-9-13)21(19,20)18-12-6-4-3-5-7-16(18)14(2)17/h8-11,16H,2-7,12H2,1H3. The predicted octanol–water partition coefficient (Wildman–Crippen LogP) is 4.27. The second-order valence-electron chi connectivity index (χ2n) is 5.59. The molecule has 0 bridgehead atoms. The Morgan fingerprint density at radius 3 is 2.43 bits per heavy atom. The fourth-order valence-corrected chi connectivity index (χ4v) is 5.23. The highest BCUT2D eigenvalue weighted by Gasteiger charge is 2.32. The zero-order chi connectivity index (χ0) is 15.5. The van der Waals surface area contributed by atoms with Crippen LogP contribution in [0.2, 0.25) is 0 Å². The van der Waals surface area contributed by atoms with Crippen molar-refractivity contribution in [1.82, 2.24) is 4.31 Å². The summed E-state index contributed by atoms with van der Waals surface area (Å²) in [4.78, 5) is 0.385. The van der Waals surface area contributed by atoms with E-state index in [-0.39, 0.29) is 6.04 Å². The maximum Gasteiger partial charge on any atom is 0.243 e. The SMILES string of the molecule is C=C(I)C1CCCCCCN1S(=O)(=O)c1ccc(C)cc1. The minimum atomic E-state index is -3.44. The Bertz CT molecular complexity index is 595. The molecule has 1 aromatic rings. The normalized spacial score (nSPS) is 21.5. The summed E-state index contributed by atoms with van der Waals surface area (Å²) < 4.78 is 28.5.